The fourth-order valence-electron chi connectivity index (χ4n) is 3.02. The molecule has 7 nitrogen and oxygen atoms in total. The van der Waals surface area contributed by atoms with Crippen LogP contribution in [0.25, 0.3) is 0 Å². The van der Waals surface area contributed by atoms with Crippen molar-refractivity contribution in [2.75, 3.05) is 7.11 Å². The molecule has 2 saturated heterocycles. The lowest BCUT2D eigenvalue weighted by Crippen LogP contribution is -2.36. The Hall–Kier alpha value is -2.24. The number of hydrogen-bond acceptors (Lipinski definition) is 7. The molecule has 3 rings (SSSR count). The van der Waals surface area contributed by atoms with Crippen molar-refractivity contribution in [1.82, 2.24) is 0 Å². The van der Waals surface area contributed by atoms with Crippen LogP contribution in [0.3, 0.4) is 0 Å². The van der Waals surface area contributed by atoms with Crippen molar-refractivity contribution in [2.45, 2.75) is 50.8 Å². The predicted octanol–water partition coefficient (Wildman–Crippen LogP) is 2.07. The van der Waals surface area contributed by atoms with Crippen molar-refractivity contribution in [3.05, 3.63) is 47.5 Å². The Kier molecular flexibility index (Phi) is 5.39. The molecule has 7 heteroatoms. The van der Waals surface area contributed by atoms with Crippen molar-refractivity contribution in [3.63, 3.8) is 0 Å². The summed E-state index contributed by atoms with van der Waals surface area (Å²) in [4.78, 5) is 11.7. The first-order valence-electron chi connectivity index (χ1n) is 8.30. The molecule has 0 N–H and O–H groups in total. The van der Waals surface area contributed by atoms with Crippen LogP contribution in [-0.2, 0) is 35.1 Å². The van der Waals surface area contributed by atoms with Gasteiger partial charge in [0.2, 0.25) is 0 Å². The molecule has 0 aliphatic carbocycles. The molecule has 0 aromatic heterocycles. The fraction of sp³-hybridized carbons (Fsp3) is 0.474. The highest BCUT2D eigenvalue weighted by Gasteiger charge is 2.55. The number of carbonyl (C=O) groups is 1. The Morgan fingerprint density at radius 3 is 2.69 bits per heavy atom. The van der Waals surface area contributed by atoms with Crippen LogP contribution in [0.15, 0.2) is 42.0 Å². The first-order chi connectivity index (χ1) is 12.4. The zero-order chi connectivity index (χ0) is 18.7. The molecular formula is C19H21NO6. The average Bonchev–Trinajstić information content (AvgIpc) is 3.09. The normalized spacial score (nSPS) is 29.8. The second kappa shape index (κ2) is 7.56. The van der Waals surface area contributed by atoms with Crippen molar-refractivity contribution in [3.8, 4) is 6.07 Å². The van der Waals surface area contributed by atoms with Crippen LogP contribution in [-0.4, -0.2) is 43.5 Å². The number of carbonyl (C=O) groups excluding carboxylic acids is 1. The minimum Gasteiger partial charge on any atom is -0.465 e. The van der Waals surface area contributed by atoms with Gasteiger partial charge in [-0.15, -0.1) is 0 Å². The van der Waals surface area contributed by atoms with Crippen molar-refractivity contribution in [1.29, 1.82) is 5.26 Å². The highest BCUT2D eigenvalue weighted by atomic mass is 16.8. The van der Waals surface area contributed by atoms with Crippen LogP contribution in [0.5, 0.6) is 0 Å². The molecule has 2 heterocycles. The van der Waals surface area contributed by atoms with E-state index in [1.54, 1.807) is 13.8 Å². The van der Waals surface area contributed by atoms with Crippen molar-refractivity contribution >= 4 is 5.97 Å². The topological polar surface area (TPSA) is 87.0 Å². The SMILES string of the molecule is COC(=O)/C(C#N)=C/[C@H]1O[C@@H]2OC(C)(C)O[C@@H]2[C@H]1OCc1ccccc1. The number of fused-ring (bicyclic) bond motifs is 1. The van der Waals surface area contributed by atoms with E-state index in [1.807, 2.05) is 36.4 Å². The maximum atomic E-state index is 11.7. The Labute approximate surface area is 152 Å². The van der Waals surface area contributed by atoms with Gasteiger partial charge in [-0.3, -0.25) is 0 Å². The molecule has 0 spiro atoms. The Balaban J connectivity index is 1.80. The second-order valence-electron chi connectivity index (χ2n) is 6.51. The molecule has 138 valence electrons. The van der Waals surface area contributed by atoms with E-state index >= 15 is 0 Å². The van der Waals surface area contributed by atoms with E-state index in [1.165, 1.54) is 13.2 Å². The number of rotatable bonds is 5. The number of esters is 1. The summed E-state index contributed by atoms with van der Waals surface area (Å²) < 4.78 is 28.1. The van der Waals surface area contributed by atoms with Crippen molar-refractivity contribution in [2.24, 2.45) is 0 Å². The van der Waals surface area contributed by atoms with Gasteiger partial charge in [-0.1, -0.05) is 30.3 Å². The molecule has 26 heavy (non-hydrogen) atoms. The quantitative estimate of drug-likeness (QED) is 0.452. The van der Waals surface area contributed by atoms with Gasteiger partial charge < -0.3 is 23.7 Å². The number of nitriles is 1. The highest BCUT2D eigenvalue weighted by molar-refractivity contribution is 5.92. The Morgan fingerprint density at radius 2 is 2.04 bits per heavy atom. The number of hydrogen-bond donors (Lipinski definition) is 0. The molecule has 2 aliphatic heterocycles. The maximum absolute atomic E-state index is 11.7. The number of nitrogens with zero attached hydrogens (tertiary/aromatic N) is 1. The summed E-state index contributed by atoms with van der Waals surface area (Å²) in [6.45, 7) is 3.93. The Morgan fingerprint density at radius 1 is 1.31 bits per heavy atom. The summed E-state index contributed by atoms with van der Waals surface area (Å²) in [6.07, 6.45) is -0.898. The Bertz CT molecular complexity index is 723. The average molecular weight is 359 g/mol. The van der Waals surface area contributed by atoms with Crippen LogP contribution in [0.1, 0.15) is 19.4 Å². The summed E-state index contributed by atoms with van der Waals surface area (Å²) in [5.74, 6) is -1.52. The van der Waals surface area contributed by atoms with E-state index in [4.69, 9.17) is 18.9 Å². The van der Waals surface area contributed by atoms with Gasteiger partial charge in [-0.2, -0.15) is 5.26 Å². The molecule has 1 aromatic carbocycles. The van der Waals surface area contributed by atoms with Crippen LogP contribution in [0.4, 0.5) is 0 Å². The number of benzene rings is 1. The smallest absolute Gasteiger partial charge is 0.348 e. The molecule has 0 amide bonds. The van der Waals surface area contributed by atoms with Gasteiger partial charge in [0.05, 0.1) is 13.7 Å². The van der Waals surface area contributed by atoms with E-state index in [0.717, 1.165) is 5.56 Å². The highest BCUT2D eigenvalue weighted by Crippen LogP contribution is 2.39. The van der Waals surface area contributed by atoms with E-state index in [0.29, 0.717) is 6.61 Å². The molecular weight excluding hydrogens is 338 g/mol. The van der Waals surface area contributed by atoms with E-state index in [2.05, 4.69) is 4.74 Å². The van der Waals surface area contributed by atoms with Crippen LogP contribution in [0, 0.1) is 11.3 Å². The fourth-order valence-corrected chi connectivity index (χ4v) is 3.02. The van der Waals surface area contributed by atoms with E-state index in [-0.39, 0.29) is 5.57 Å². The first-order valence-corrected chi connectivity index (χ1v) is 8.30. The van der Waals surface area contributed by atoms with E-state index < -0.39 is 36.4 Å². The van der Waals surface area contributed by atoms with Crippen LogP contribution < -0.4 is 0 Å². The van der Waals surface area contributed by atoms with Gasteiger partial charge in [-0.25, -0.2) is 4.79 Å². The molecule has 0 unspecified atom stereocenters. The molecule has 2 fully saturated rings. The largest absolute Gasteiger partial charge is 0.465 e. The van der Waals surface area contributed by atoms with Crippen molar-refractivity contribution < 1.29 is 28.5 Å². The van der Waals surface area contributed by atoms with E-state index in [9.17, 15) is 10.1 Å². The van der Waals surface area contributed by atoms with Gasteiger partial charge in [0.25, 0.3) is 0 Å². The number of methoxy groups -OCH3 is 1. The standard InChI is InChI=1S/C19H21NO6/c1-19(2)25-16-15(23-11-12-7-5-4-6-8-12)14(24-18(16)26-19)9-13(10-20)17(21)22-3/h4-9,14-16,18H,11H2,1-3H3/b13-9+/t14-,15+,16-,18-/m1/s1. The minimum absolute atomic E-state index is 0.148. The van der Waals surface area contributed by atoms with Gasteiger partial charge in [0, 0.05) is 0 Å². The first kappa shape index (κ1) is 18.5. The van der Waals surface area contributed by atoms with Gasteiger partial charge in [0.15, 0.2) is 12.1 Å². The predicted molar refractivity (Wildman–Crippen MR) is 89.4 cm³/mol. The molecule has 0 radical (unpaired) electrons. The maximum Gasteiger partial charge on any atom is 0.348 e. The van der Waals surface area contributed by atoms with Crippen LogP contribution in [0.2, 0.25) is 0 Å². The monoisotopic (exact) mass is 359 g/mol. The third kappa shape index (κ3) is 3.94. The lowest BCUT2D eigenvalue weighted by atomic mass is 10.1. The summed E-state index contributed by atoms with van der Waals surface area (Å²) in [5, 5.41) is 9.19. The van der Waals surface area contributed by atoms with Gasteiger partial charge >= 0.3 is 5.97 Å². The summed E-state index contributed by atoms with van der Waals surface area (Å²) in [6, 6.07) is 11.5. The third-order valence-electron chi connectivity index (χ3n) is 4.17. The third-order valence-corrected chi connectivity index (χ3v) is 4.17. The molecule has 4 atom stereocenters. The summed E-state index contributed by atoms with van der Waals surface area (Å²) in [7, 11) is 1.22. The lowest BCUT2D eigenvalue weighted by molar-refractivity contribution is -0.213. The molecule has 1 aromatic rings. The zero-order valence-electron chi connectivity index (χ0n) is 14.9. The molecule has 2 aliphatic rings. The minimum atomic E-state index is -0.793. The number of ether oxygens (including phenoxy) is 5. The molecule has 0 saturated carbocycles. The van der Waals surface area contributed by atoms with Crippen LogP contribution >= 0.6 is 0 Å². The lowest BCUT2D eigenvalue weighted by Gasteiger charge is -2.24. The van der Waals surface area contributed by atoms with Gasteiger partial charge in [0.1, 0.15) is 30.0 Å². The zero-order valence-corrected chi connectivity index (χ0v) is 14.9. The summed E-state index contributed by atoms with van der Waals surface area (Å²) >= 11 is 0. The molecule has 0 bridgehead atoms. The summed E-state index contributed by atoms with van der Waals surface area (Å²) in [5.41, 5.74) is 0.843. The van der Waals surface area contributed by atoms with Gasteiger partial charge in [-0.05, 0) is 25.5 Å². The second-order valence-corrected chi connectivity index (χ2v) is 6.51.